The van der Waals surface area contributed by atoms with Gasteiger partial charge < -0.3 is 14.6 Å². The molecular formula is C19H14ClFO5S. The summed E-state index contributed by atoms with van der Waals surface area (Å²) < 4.78 is 25.1. The fraction of sp³-hybridized carbons (Fsp3) is 0.158. The largest absolute Gasteiger partial charge is 0.507 e. The van der Waals surface area contributed by atoms with Crippen LogP contribution in [0.4, 0.5) is 4.39 Å². The predicted octanol–water partition coefficient (Wildman–Crippen LogP) is 4.93. The summed E-state index contributed by atoms with van der Waals surface area (Å²) in [5.41, 5.74) is 0.144. The van der Waals surface area contributed by atoms with Crippen molar-refractivity contribution in [2.24, 2.45) is 0 Å². The molecule has 0 atom stereocenters. The van der Waals surface area contributed by atoms with Crippen molar-refractivity contribution in [2.75, 3.05) is 6.61 Å². The van der Waals surface area contributed by atoms with E-state index in [1.807, 2.05) is 0 Å². The van der Waals surface area contributed by atoms with Crippen LogP contribution >= 0.6 is 22.9 Å². The molecule has 5 nitrogen and oxygen atoms in total. The molecule has 1 heterocycles. The fourth-order valence-corrected chi connectivity index (χ4v) is 3.84. The maximum absolute atomic E-state index is 14.3. The Kier molecular flexibility index (Phi) is 5.62. The molecule has 0 aliphatic carbocycles. The van der Waals surface area contributed by atoms with Crippen molar-refractivity contribution in [1.82, 2.24) is 0 Å². The van der Waals surface area contributed by atoms with Gasteiger partial charge in [0.05, 0.1) is 6.61 Å². The molecule has 3 rings (SSSR count). The van der Waals surface area contributed by atoms with Crippen molar-refractivity contribution in [3.8, 4) is 5.75 Å². The number of carbonyl (C=O) groups is 2. The Morgan fingerprint density at radius 2 is 1.96 bits per heavy atom. The second-order valence-corrected chi connectivity index (χ2v) is 6.97. The second kappa shape index (κ2) is 7.94. The van der Waals surface area contributed by atoms with Gasteiger partial charge in [-0.3, -0.25) is 0 Å². The molecule has 0 saturated carbocycles. The van der Waals surface area contributed by atoms with Crippen LogP contribution in [0.2, 0.25) is 5.02 Å². The van der Waals surface area contributed by atoms with Gasteiger partial charge >= 0.3 is 11.9 Å². The zero-order valence-electron chi connectivity index (χ0n) is 14.1. The normalized spacial score (nSPS) is 10.8. The third-order valence-electron chi connectivity index (χ3n) is 3.75. The van der Waals surface area contributed by atoms with E-state index < -0.39 is 17.8 Å². The molecular weight excluding hydrogens is 395 g/mol. The van der Waals surface area contributed by atoms with E-state index in [1.54, 1.807) is 13.0 Å². The van der Waals surface area contributed by atoms with E-state index in [-0.39, 0.29) is 45.4 Å². The van der Waals surface area contributed by atoms with Gasteiger partial charge in [-0.25, -0.2) is 14.0 Å². The molecule has 0 saturated heterocycles. The standard InChI is InChI=1S/C19H14ClFO5S/c1-2-25-19(24)17-12(16-13(21)4-3-5-15(16)27-17)9-26-18(23)11-7-6-10(20)8-14(11)22/h3-8,22H,2,9H2,1H3. The number of thiophene rings is 1. The van der Waals surface area contributed by atoms with Gasteiger partial charge in [0.2, 0.25) is 0 Å². The van der Waals surface area contributed by atoms with E-state index in [0.717, 1.165) is 11.3 Å². The highest BCUT2D eigenvalue weighted by Crippen LogP contribution is 2.34. The van der Waals surface area contributed by atoms with Crippen molar-refractivity contribution in [1.29, 1.82) is 0 Å². The van der Waals surface area contributed by atoms with Gasteiger partial charge in [0, 0.05) is 20.7 Å². The summed E-state index contributed by atoms with van der Waals surface area (Å²) >= 11 is 6.81. The van der Waals surface area contributed by atoms with E-state index >= 15 is 0 Å². The molecule has 0 aliphatic rings. The zero-order chi connectivity index (χ0) is 19.6. The minimum absolute atomic E-state index is 0.0860. The lowest BCUT2D eigenvalue weighted by Gasteiger charge is -2.08. The number of aromatic hydroxyl groups is 1. The number of ether oxygens (including phenoxy) is 2. The molecule has 2 aromatic carbocycles. The number of hydrogen-bond acceptors (Lipinski definition) is 6. The number of fused-ring (bicyclic) bond motifs is 1. The van der Waals surface area contributed by atoms with E-state index in [4.69, 9.17) is 21.1 Å². The average molecular weight is 409 g/mol. The maximum Gasteiger partial charge on any atom is 0.348 e. The molecule has 0 aliphatic heterocycles. The molecule has 1 N–H and O–H groups in total. The van der Waals surface area contributed by atoms with Crippen LogP contribution in [0.3, 0.4) is 0 Å². The summed E-state index contributed by atoms with van der Waals surface area (Å²) in [6, 6.07) is 8.43. The van der Waals surface area contributed by atoms with Crippen molar-refractivity contribution < 1.29 is 28.6 Å². The Labute approximate surface area is 162 Å². The quantitative estimate of drug-likeness (QED) is 0.606. The second-order valence-electron chi connectivity index (χ2n) is 5.48. The number of phenolic OH excluding ortho intramolecular Hbond substituents is 1. The minimum Gasteiger partial charge on any atom is -0.507 e. The Morgan fingerprint density at radius 3 is 2.67 bits per heavy atom. The molecule has 1 aromatic heterocycles. The molecule has 3 aromatic rings. The smallest absolute Gasteiger partial charge is 0.348 e. The van der Waals surface area contributed by atoms with Crippen molar-refractivity contribution >= 4 is 45.0 Å². The van der Waals surface area contributed by atoms with Crippen molar-refractivity contribution in [3.63, 3.8) is 0 Å². The van der Waals surface area contributed by atoms with Crippen LogP contribution in [-0.4, -0.2) is 23.7 Å². The molecule has 27 heavy (non-hydrogen) atoms. The average Bonchev–Trinajstić information content (AvgIpc) is 3.00. The molecule has 140 valence electrons. The van der Waals surface area contributed by atoms with Gasteiger partial charge in [-0.15, -0.1) is 11.3 Å². The summed E-state index contributed by atoms with van der Waals surface area (Å²) in [6.45, 7) is 1.47. The van der Waals surface area contributed by atoms with Crippen LogP contribution in [-0.2, 0) is 16.1 Å². The van der Waals surface area contributed by atoms with Gasteiger partial charge in [-0.2, -0.15) is 0 Å². The zero-order valence-corrected chi connectivity index (χ0v) is 15.7. The lowest BCUT2D eigenvalue weighted by molar-refractivity contribution is 0.0451. The summed E-state index contributed by atoms with van der Waals surface area (Å²) in [6.07, 6.45) is 0. The number of benzene rings is 2. The van der Waals surface area contributed by atoms with Gasteiger partial charge in [0.1, 0.15) is 28.6 Å². The van der Waals surface area contributed by atoms with Crippen LogP contribution in [0, 0.1) is 5.82 Å². The van der Waals surface area contributed by atoms with Crippen molar-refractivity contribution in [2.45, 2.75) is 13.5 Å². The van der Waals surface area contributed by atoms with Crippen LogP contribution in [0.5, 0.6) is 5.75 Å². The Balaban J connectivity index is 1.94. The number of rotatable bonds is 5. The van der Waals surface area contributed by atoms with Gasteiger partial charge in [-0.1, -0.05) is 17.7 Å². The van der Waals surface area contributed by atoms with Crippen molar-refractivity contribution in [3.05, 3.63) is 63.2 Å². The Morgan fingerprint density at radius 1 is 1.19 bits per heavy atom. The summed E-state index contributed by atoms with van der Waals surface area (Å²) in [4.78, 5) is 24.7. The molecule has 0 unspecified atom stereocenters. The molecule has 0 spiro atoms. The third-order valence-corrected chi connectivity index (χ3v) is 5.16. The molecule has 0 radical (unpaired) electrons. The van der Waals surface area contributed by atoms with E-state index in [9.17, 15) is 19.1 Å². The number of phenols is 1. The summed E-state index contributed by atoms with van der Waals surface area (Å²) in [5.74, 6) is -2.30. The fourth-order valence-electron chi connectivity index (χ4n) is 2.56. The maximum atomic E-state index is 14.3. The van der Waals surface area contributed by atoms with Gasteiger partial charge in [-0.05, 0) is 37.3 Å². The van der Waals surface area contributed by atoms with E-state index in [1.165, 1.54) is 30.3 Å². The summed E-state index contributed by atoms with van der Waals surface area (Å²) in [7, 11) is 0. The number of carbonyl (C=O) groups excluding carboxylic acids is 2. The number of halogens is 2. The molecule has 8 heteroatoms. The van der Waals surface area contributed by atoms with E-state index in [2.05, 4.69) is 0 Å². The molecule has 0 amide bonds. The minimum atomic E-state index is -0.824. The highest BCUT2D eigenvalue weighted by Gasteiger charge is 2.23. The first-order valence-electron chi connectivity index (χ1n) is 7.95. The SMILES string of the molecule is CCOC(=O)c1sc2cccc(F)c2c1COC(=O)c1ccc(Cl)cc1O. The third kappa shape index (κ3) is 3.89. The van der Waals surface area contributed by atoms with Crippen LogP contribution in [0.15, 0.2) is 36.4 Å². The molecule has 0 bridgehead atoms. The van der Waals surface area contributed by atoms with Crippen LogP contribution in [0.25, 0.3) is 10.1 Å². The summed E-state index contributed by atoms with van der Waals surface area (Å²) in [5, 5.41) is 10.3. The first-order valence-corrected chi connectivity index (χ1v) is 9.14. The van der Waals surface area contributed by atoms with Crippen LogP contribution < -0.4 is 0 Å². The first kappa shape index (κ1) is 19.1. The lowest BCUT2D eigenvalue weighted by atomic mass is 10.1. The topological polar surface area (TPSA) is 72.8 Å². The van der Waals surface area contributed by atoms with E-state index in [0.29, 0.717) is 4.70 Å². The van der Waals surface area contributed by atoms with Gasteiger partial charge in [0.25, 0.3) is 0 Å². The Hall–Kier alpha value is -2.64. The highest BCUT2D eigenvalue weighted by atomic mass is 35.5. The first-order chi connectivity index (χ1) is 12.9. The van der Waals surface area contributed by atoms with Crippen LogP contribution in [0.1, 0.15) is 32.5 Å². The number of hydrogen-bond donors (Lipinski definition) is 1. The highest BCUT2D eigenvalue weighted by molar-refractivity contribution is 7.21. The Bertz CT molecular complexity index is 1030. The lowest BCUT2D eigenvalue weighted by Crippen LogP contribution is -2.09. The molecule has 0 fully saturated rings. The number of esters is 2. The van der Waals surface area contributed by atoms with Gasteiger partial charge in [0.15, 0.2) is 0 Å². The predicted molar refractivity (Wildman–Crippen MR) is 100.0 cm³/mol. The monoisotopic (exact) mass is 408 g/mol.